The lowest BCUT2D eigenvalue weighted by Crippen LogP contribution is -2.54. The van der Waals surface area contributed by atoms with Gasteiger partial charge in [-0.05, 0) is 19.4 Å². The molecule has 1 N–H and O–H groups in total. The molecule has 2 rings (SSSR count). The van der Waals surface area contributed by atoms with E-state index in [2.05, 4.69) is 15.1 Å². The Morgan fingerprint density at radius 3 is 2.69 bits per heavy atom. The average Bonchev–Trinajstić information content (AvgIpc) is 2.38. The van der Waals surface area contributed by atoms with Gasteiger partial charge in [-0.25, -0.2) is 0 Å². The van der Waals surface area contributed by atoms with Crippen LogP contribution in [0, 0.1) is 0 Å². The van der Waals surface area contributed by atoms with E-state index in [1.165, 1.54) is 52.1 Å². The predicted octanol–water partition coefficient (Wildman–Crippen LogP) is 0.00240. The number of piperidine rings is 1. The van der Waals surface area contributed by atoms with Gasteiger partial charge in [-0.2, -0.15) is 0 Å². The van der Waals surface area contributed by atoms with Crippen LogP contribution in [0.25, 0.3) is 0 Å². The molecule has 1 atom stereocenters. The summed E-state index contributed by atoms with van der Waals surface area (Å²) in [7, 11) is 1.78. The topological polar surface area (TPSA) is 27.7 Å². The first-order valence-corrected chi connectivity index (χ1v) is 6.56. The van der Waals surface area contributed by atoms with Crippen molar-refractivity contribution in [1.82, 2.24) is 15.1 Å². The molecule has 0 radical (unpaired) electrons. The molecule has 0 saturated carbocycles. The molecule has 2 saturated heterocycles. The summed E-state index contributed by atoms with van der Waals surface area (Å²) >= 11 is 0. The van der Waals surface area contributed by atoms with Gasteiger partial charge in [-0.3, -0.25) is 9.80 Å². The molecule has 0 spiro atoms. The van der Waals surface area contributed by atoms with Gasteiger partial charge in [0.25, 0.3) is 0 Å². The van der Waals surface area contributed by atoms with Gasteiger partial charge in [0.05, 0.1) is 6.61 Å². The van der Waals surface area contributed by atoms with E-state index in [9.17, 15) is 0 Å². The molecule has 0 aliphatic carbocycles. The Balaban J connectivity index is 1.67. The number of hydrogen-bond donors (Lipinski definition) is 1. The van der Waals surface area contributed by atoms with Crippen molar-refractivity contribution in [1.29, 1.82) is 0 Å². The van der Waals surface area contributed by atoms with Crippen LogP contribution in [-0.4, -0.2) is 75.4 Å². The van der Waals surface area contributed by atoms with Gasteiger partial charge in [0.1, 0.15) is 0 Å². The maximum absolute atomic E-state index is 5.12. The molecule has 2 fully saturated rings. The highest BCUT2D eigenvalue weighted by Gasteiger charge is 2.24. The van der Waals surface area contributed by atoms with Crippen molar-refractivity contribution in [3.63, 3.8) is 0 Å². The number of ether oxygens (including phenoxy) is 1. The molecule has 4 heteroatoms. The summed E-state index contributed by atoms with van der Waals surface area (Å²) in [6.07, 6.45) is 2.72. The van der Waals surface area contributed by atoms with Crippen LogP contribution < -0.4 is 5.32 Å². The van der Waals surface area contributed by atoms with Crippen molar-refractivity contribution in [3.8, 4) is 0 Å². The summed E-state index contributed by atoms with van der Waals surface area (Å²) in [5, 5.41) is 3.50. The second-order valence-corrected chi connectivity index (χ2v) is 4.87. The summed E-state index contributed by atoms with van der Waals surface area (Å²) in [6, 6.07) is 0.790. The molecule has 0 aromatic carbocycles. The lowest BCUT2D eigenvalue weighted by molar-refractivity contribution is 0.0669. The summed E-state index contributed by atoms with van der Waals surface area (Å²) < 4.78 is 5.12. The minimum atomic E-state index is 0.790. The molecule has 0 bridgehead atoms. The van der Waals surface area contributed by atoms with Crippen molar-refractivity contribution in [2.45, 2.75) is 18.9 Å². The molecule has 0 aromatic rings. The number of piperazine rings is 1. The molecule has 2 aliphatic rings. The third kappa shape index (κ3) is 3.42. The van der Waals surface area contributed by atoms with Crippen LogP contribution >= 0.6 is 0 Å². The molecule has 0 amide bonds. The van der Waals surface area contributed by atoms with Crippen molar-refractivity contribution in [2.75, 3.05) is 59.5 Å². The second kappa shape index (κ2) is 6.55. The molecule has 2 heterocycles. The molecule has 1 unspecified atom stereocenters. The minimum absolute atomic E-state index is 0.790. The Bertz CT molecular complexity index is 187. The monoisotopic (exact) mass is 227 g/mol. The Morgan fingerprint density at radius 1 is 1.25 bits per heavy atom. The van der Waals surface area contributed by atoms with E-state index >= 15 is 0 Å². The number of methoxy groups -OCH3 is 1. The van der Waals surface area contributed by atoms with Gasteiger partial charge in [0.2, 0.25) is 0 Å². The van der Waals surface area contributed by atoms with Gasteiger partial charge in [-0.15, -0.1) is 0 Å². The van der Waals surface area contributed by atoms with E-state index in [-0.39, 0.29) is 0 Å². The maximum Gasteiger partial charge on any atom is 0.0589 e. The molecule has 94 valence electrons. The fourth-order valence-corrected chi connectivity index (χ4v) is 2.72. The van der Waals surface area contributed by atoms with Crippen molar-refractivity contribution in [2.24, 2.45) is 0 Å². The largest absolute Gasteiger partial charge is 0.383 e. The minimum Gasteiger partial charge on any atom is -0.383 e. The maximum atomic E-state index is 5.12. The predicted molar refractivity (Wildman–Crippen MR) is 65.8 cm³/mol. The van der Waals surface area contributed by atoms with E-state index in [4.69, 9.17) is 4.74 Å². The Morgan fingerprint density at radius 2 is 2.06 bits per heavy atom. The Hall–Kier alpha value is -0.160. The van der Waals surface area contributed by atoms with E-state index in [0.29, 0.717) is 0 Å². The Kier molecular flexibility index (Phi) is 5.03. The molecule has 4 nitrogen and oxygen atoms in total. The third-order valence-corrected chi connectivity index (χ3v) is 3.81. The van der Waals surface area contributed by atoms with E-state index < -0.39 is 0 Å². The number of nitrogens with one attached hydrogen (secondary N) is 1. The second-order valence-electron chi connectivity index (χ2n) is 4.87. The standard InChI is InChI=1S/C12H25N3O/c1-16-10-9-14-5-7-15(8-6-14)12-3-2-4-13-11-12/h12-13H,2-11H2,1H3. The van der Waals surface area contributed by atoms with Gasteiger partial charge < -0.3 is 10.1 Å². The zero-order chi connectivity index (χ0) is 11.2. The number of rotatable bonds is 4. The van der Waals surface area contributed by atoms with Gasteiger partial charge in [0.15, 0.2) is 0 Å². The molecule has 2 aliphatic heterocycles. The zero-order valence-electron chi connectivity index (χ0n) is 10.5. The summed E-state index contributed by atoms with van der Waals surface area (Å²) in [6.45, 7) is 9.24. The SMILES string of the molecule is COCCN1CCN(C2CCCNC2)CC1. The summed E-state index contributed by atoms with van der Waals surface area (Å²) in [4.78, 5) is 5.17. The van der Waals surface area contributed by atoms with Crippen LogP contribution in [0.5, 0.6) is 0 Å². The van der Waals surface area contributed by atoms with Crippen LogP contribution in [0.4, 0.5) is 0 Å². The fourth-order valence-electron chi connectivity index (χ4n) is 2.72. The van der Waals surface area contributed by atoms with Crippen molar-refractivity contribution >= 4 is 0 Å². The quantitative estimate of drug-likeness (QED) is 0.732. The summed E-state index contributed by atoms with van der Waals surface area (Å²) in [5.41, 5.74) is 0. The van der Waals surface area contributed by atoms with Gasteiger partial charge in [-0.1, -0.05) is 0 Å². The van der Waals surface area contributed by atoms with Crippen LogP contribution in [0.15, 0.2) is 0 Å². The first-order chi connectivity index (χ1) is 7.90. The number of nitrogens with zero attached hydrogens (tertiary/aromatic N) is 2. The van der Waals surface area contributed by atoms with Crippen LogP contribution in [-0.2, 0) is 4.74 Å². The van der Waals surface area contributed by atoms with Gasteiger partial charge in [0, 0.05) is 52.4 Å². The van der Waals surface area contributed by atoms with E-state index in [1.807, 2.05) is 0 Å². The fraction of sp³-hybridized carbons (Fsp3) is 1.00. The normalized spacial score (nSPS) is 29.4. The van der Waals surface area contributed by atoms with Crippen molar-refractivity contribution < 1.29 is 4.74 Å². The van der Waals surface area contributed by atoms with Crippen LogP contribution in [0.2, 0.25) is 0 Å². The molecule has 0 aromatic heterocycles. The first-order valence-electron chi connectivity index (χ1n) is 6.56. The van der Waals surface area contributed by atoms with Crippen molar-refractivity contribution in [3.05, 3.63) is 0 Å². The highest BCUT2D eigenvalue weighted by atomic mass is 16.5. The van der Waals surface area contributed by atoms with Gasteiger partial charge >= 0.3 is 0 Å². The van der Waals surface area contributed by atoms with E-state index in [1.54, 1.807) is 7.11 Å². The number of hydrogen-bond acceptors (Lipinski definition) is 4. The Labute approximate surface area is 98.9 Å². The first kappa shape index (κ1) is 12.3. The highest BCUT2D eigenvalue weighted by molar-refractivity contribution is 4.82. The molecular formula is C12H25N3O. The van der Waals surface area contributed by atoms with Crippen LogP contribution in [0.3, 0.4) is 0 Å². The van der Waals surface area contributed by atoms with E-state index in [0.717, 1.165) is 19.2 Å². The molecular weight excluding hydrogens is 202 g/mol. The smallest absolute Gasteiger partial charge is 0.0589 e. The summed E-state index contributed by atoms with van der Waals surface area (Å²) in [5.74, 6) is 0. The van der Waals surface area contributed by atoms with Crippen LogP contribution in [0.1, 0.15) is 12.8 Å². The zero-order valence-corrected chi connectivity index (χ0v) is 10.5. The third-order valence-electron chi connectivity index (χ3n) is 3.81. The lowest BCUT2D eigenvalue weighted by Gasteiger charge is -2.40. The lowest BCUT2D eigenvalue weighted by atomic mass is 10.1. The molecule has 16 heavy (non-hydrogen) atoms. The average molecular weight is 227 g/mol. The highest BCUT2D eigenvalue weighted by Crippen LogP contribution is 2.12.